The predicted octanol–water partition coefficient (Wildman–Crippen LogP) is 2.41. The van der Waals surface area contributed by atoms with E-state index in [-0.39, 0.29) is 37.0 Å². The van der Waals surface area contributed by atoms with Crippen molar-refractivity contribution in [3.63, 3.8) is 0 Å². The van der Waals surface area contributed by atoms with Crippen LogP contribution in [0, 0.1) is 17.3 Å². The van der Waals surface area contributed by atoms with Gasteiger partial charge in [0.05, 0.1) is 25.3 Å². The van der Waals surface area contributed by atoms with Crippen LogP contribution in [-0.2, 0) is 24.0 Å². The van der Waals surface area contributed by atoms with Crippen molar-refractivity contribution in [2.24, 2.45) is 17.3 Å². The SMILES string of the molecule is CCCC(NC(=O)CN(CC[C@@H](C)CCC)C(=O)C(NC(=O)CNC(=O)c1cnccn1)C(C)(C)C)C(=O)C(=O)NCC(C)CC. The number of nitrogens with one attached hydrogen (secondary N) is 4. The Bertz CT molecular complexity index is 1150. The summed E-state index contributed by atoms with van der Waals surface area (Å²) in [5.74, 6) is -3.21. The molecule has 1 aromatic heterocycles. The standard InChI is InChI=1S/C33H55N7O6/c1-9-12-23(5)14-17-40(21-27(42)38-24(13-10-2)28(43)31(45)36-18-22(4)11-3)32(46)29(33(6,7)8)39-26(41)20-37-30(44)25-19-34-15-16-35-25/h15-16,19,22-24,29H,9-14,17-18,20-21H2,1-8H3,(H,36,45)(H,37,44)(H,38,42)(H,39,41)/t22?,23-,24?,29?/m0/s1. The number of aromatic nitrogens is 2. The Labute approximate surface area is 273 Å². The number of hydrogen-bond acceptors (Lipinski definition) is 8. The molecule has 5 amide bonds. The van der Waals surface area contributed by atoms with Crippen molar-refractivity contribution in [2.75, 3.05) is 26.2 Å². The van der Waals surface area contributed by atoms with Crippen LogP contribution in [0.15, 0.2) is 18.6 Å². The minimum atomic E-state index is -1.03. The molecule has 0 aliphatic carbocycles. The molecule has 0 aliphatic heterocycles. The monoisotopic (exact) mass is 645 g/mol. The molecule has 258 valence electrons. The number of hydrogen-bond donors (Lipinski definition) is 4. The molecule has 0 aromatic carbocycles. The van der Waals surface area contributed by atoms with E-state index in [1.54, 1.807) is 20.8 Å². The summed E-state index contributed by atoms with van der Waals surface area (Å²) in [4.78, 5) is 87.2. The van der Waals surface area contributed by atoms with Gasteiger partial charge in [0.1, 0.15) is 11.7 Å². The van der Waals surface area contributed by atoms with Gasteiger partial charge in [0, 0.05) is 25.5 Å². The van der Waals surface area contributed by atoms with Gasteiger partial charge in [-0.1, -0.05) is 81.1 Å². The summed E-state index contributed by atoms with van der Waals surface area (Å²) in [7, 11) is 0. The third kappa shape index (κ3) is 14.5. The predicted molar refractivity (Wildman–Crippen MR) is 175 cm³/mol. The Morgan fingerprint density at radius 1 is 0.848 bits per heavy atom. The van der Waals surface area contributed by atoms with Crippen molar-refractivity contribution >= 4 is 35.3 Å². The topological polar surface area (TPSA) is 180 Å². The molecule has 1 rings (SSSR count). The summed E-state index contributed by atoms with van der Waals surface area (Å²) in [5.41, 5.74) is -0.704. The van der Waals surface area contributed by atoms with E-state index in [0.717, 1.165) is 19.3 Å². The van der Waals surface area contributed by atoms with E-state index in [1.165, 1.54) is 23.5 Å². The zero-order valence-corrected chi connectivity index (χ0v) is 28.9. The van der Waals surface area contributed by atoms with Crippen molar-refractivity contribution in [3.05, 3.63) is 24.3 Å². The lowest BCUT2D eigenvalue weighted by molar-refractivity contribution is -0.143. The molecule has 0 bridgehead atoms. The minimum Gasteiger partial charge on any atom is -0.349 e. The van der Waals surface area contributed by atoms with Gasteiger partial charge in [-0.3, -0.25) is 33.8 Å². The third-order valence-electron chi connectivity index (χ3n) is 7.70. The quantitative estimate of drug-likeness (QED) is 0.156. The second kappa shape index (κ2) is 20.3. The number of rotatable bonds is 20. The van der Waals surface area contributed by atoms with Crippen LogP contribution in [0.4, 0.5) is 0 Å². The molecule has 0 aliphatic rings. The van der Waals surface area contributed by atoms with Gasteiger partial charge in [-0.05, 0) is 30.1 Å². The Hall–Kier alpha value is -3.90. The Morgan fingerprint density at radius 2 is 1.52 bits per heavy atom. The molecule has 0 saturated heterocycles. The normalized spacial score (nSPS) is 13.8. The van der Waals surface area contributed by atoms with E-state index in [2.05, 4.69) is 45.1 Å². The molecular weight excluding hydrogens is 590 g/mol. The maximum Gasteiger partial charge on any atom is 0.289 e. The first kappa shape index (κ1) is 40.1. The van der Waals surface area contributed by atoms with Gasteiger partial charge in [0.2, 0.25) is 23.5 Å². The molecule has 4 N–H and O–H groups in total. The van der Waals surface area contributed by atoms with Crippen LogP contribution in [0.1, 0.15) is 104 Å². The smallest absolute Gasteiger partial charge is 0.289 e. The van der Waals surface area contributed by atoms with Gasteiger partial charge in [-0.2, -0.15) is 0 Å². The van der Waals surface area contributed by atoms with Gasteiger partial charge < -0.3 is 26.2 Å². The molecule has 0 spiro atoms. The molecule has 0 radical (unpaired) electrons. The fourth-order valence-electron chi connectivity index (χ4n) is 4.62. The van der Waals surface area contributed by atoms with E-state index >= 15 is 0 Å². The zero-order chi connectivity index (χ0) is 34.9. The fourth-order valence-corrected chi connectivity index (χ4v) is 4.62. The van der Waals surface area contributed by atoms with E-state index in [4.69, 9.17) is 0 Å². The maximum atomic E-state index is 14.0. The average molecular weight is 646 g/mol. The molecule has 13 nitrogen and oxygen atoms in total. The van der Waals surface area contributed by atoms with Crippen LogP contribution >= 0.6 is 0 Å². The lowest BCUT2D eigenvalue weighted by Crippen LogP contribution is -2.58. The number of amides is 5. The summed E-state index contributed by atoms with van der Waals surface area (Å²) >= 11 is 0. The van der Waals surface area contributed by atoms with Gasteiger partial charge in [0.15, 0.2) is 0 Å². The van der Waals surface area contributed by atoms with Gasteiger partial charge in [0.25, 0.3) is 11.8 Å². The fraction of sp³-hybridized carbons (Fsp3) is 0.697. The number of carbonyl (C=O) groups excluding carboxylic acids is 6. The molecule has 3 unspecified atom stereocenters. The van der Waals surface area contributed by atoms with E-state index in [9.17, 15) is 28.8 Å². The second-order valence-corrected chi connectivity index (χ2v) is 13.1. The third-order valence-corrected chi connectivity index (χ3v) is 7.70. The van der Waals surface area contributed by atoms with E-state index < -0.39 is 59.4 Å². The minimum absolute atomic E-state index is 0.0463. The van der Waals surface area contributed by atoms with E-state index in [1.807, 2.05) is 20.8 Å². The Kier molecular flexibility index (Phi) is 17.7. The number of Topliss-reactive ketones (excluding diaryl/α,β-unsaturated/α-hetero) is 1. The highest BCUT2D eigenvalue weighted by Gasteiger charge is 2.37. The van der Waals surface area contributed by atoms with Crippen LogP contribution in [0.25, 0.3) is 0 Å². The first-order valence-corrected chi connectivity index (χ1v) is 16.4. The molecule has 4 atom stereocenters. The van der Waals surface area contributed by atoms with Gasteiger partial charge in [-0.25, -0.2) is 4.98 Å². The summed E-state index contributed by atoms with van der Waals surface area (Å²) in [6, 6.07) is -2.05. The van der Waals surface area contributed by atoms with Crippen LogP contribution in [0.2, 0.25) is 0 Å². The molecule has 46 heavy (non-hydrogen) atoms. The molecule has 0 saturated carbocycles. The average Bonchev–Trinajstić information content (AvgIpc) is 3.02. The maximum absolute atomic E-state index is 14.0. The highest BCUT2D eigenvalue weighted by molar-refractivity contribution is 6.38. The lowest BCUT2D eigenvalue weighted by Gasteiger charge is -2.35. The van der Waals surface area contributed by atoms with Crippen molar-refractivity contribution in [1.29, 1.82) is 0 Å². The van der Waals surface area contributed by atoms with Crippen molar-refractivity contribution < 1.29 is 28.8 Å². The van der Waals surface area contributed by atoms with E-state index in [0.29, 0.717) is 19.4 Å². The van der Waals surface area contributed by atoms with Crippen molar-refractivity contribution in [3.8, 4) is 0 Å². The summed E-state index contributed by atoms with van der Waals surface area (Å²) in [6.45, 7) is 15.2. The molecule has 1 aromatic rings. The second-order valence-electron chi connectivity index (χ2n) is 13.1. The molecule has 13 heteroatoms. The number of nitrogens with zero attached hydrogens (tertiary/aromatic N) is 3. The number of ketones is 1. The summed E-state index contributed by atoms with van der Waals surface area (Å²) in [5, 5.41) is 10.5. The van der Waals surface area contributed by atoms with Crippen molar-refractivity contribution in [1.82, 2.24) is 36.1 Å². The van der Waals surface area contributed by atoms with Crippen molar-refractivity contribution in [2.45, 2.75) is 106 Å². The highest BCUT2D eigenvalue weighted by atomic mass is 16.2. The van der Waals surface area contributed by atoms with Crippen LogP contribution in [0.3, 0.4) is 0 Å². The first-order chi connectivity index (χ1) is 21.6. The molecular formula is C33H55N7O6. The highest BCUT2D eigenvalue weighted by Crippen LogP contribution is 2.22. The van der Waals surface area contributed by atoms with Crippen LogP contribution < -0.4 is 21.3 Å². The summed E-state index contributed by atoms with van der Waals surface area (Å²) < 4.78 is 0. The summed E-state index contributed by atoms with van der Waals surface area (Å²) in [6.07, 6.45) is 8.26. The van der Waals surface area contributed by atoms with Crippen LogP contribution in [0.5, 0.6) is 0 Å². The number of carbonyl (C=O) groups is 6. The molecule has 0 fully saturated rings. The van der Waals surface area contributed by atoms with Gasteiger partial charge >= 0.3 is 0 Å². The zero-order valence-electron chi connectivity index (χ0n) is 28.9. The first-order valence-electron chi connectivity index (χ1n) is 16.4. The Morgan fingerprint density at radius 3 is 2.09 bits per heavy atom. The largest absolute Gasteiger partial charge is 0.349 e. The van der Waals surface area contributed by atoms with Gasteiger partial charge in [-0.15, -0.1) is 0 Å². The molecule has 1 heterocycles. The lowest BCUT2D eigenvalue weighted by atomic mass is 9.85. The van der Waals surface area contributed by atoms with Crippen LogP contribution in [-0.4, -0.2) is 88.4 Å². The Balaban J connectivity index is 3.10.